The van der Waals surface area contributed by atoms with Gasteiger partial charge in [0.2, 0.25) is 0 Å². The molecule has 6 heteroatoms. The first-order valence-electron chi connectivity index (χ1n) is 6.27. The lowest BCUT2D eigenvalue weighted by molar-refractivity contribution is 0.385. The van der Waals surface area contributed by atoms with Crippen molar-refractivity contribution in [3.63, 3.8) is 0 Å². The molecule has 2 N–H and O–H groups in total. The highest BCUT2D eigenvalue weighted by Crippen LogP contribution is 2.30. The SMILES string of the molecule is COc1cc(C(N)c2c(Cl)cnn2C(C)C)ccc1F. The van der Waals surface area contributed by atoms with E-state index in [4.69, 9.17) is 22.1 Å². The van der Waals surface area contributed by atoms with Crippen LogP contribution in [-0.2, 0) is 0 Å². The molecule has 1 aromatic carbocycles. The lowest BCUT2D eigenvalue weighted by Crippen LogP contribution is -2.19. The summed E-state index contributed by atoms with van der Waals surface area (Å²) in [5.41, 5.74) is 7.67. The first-order chi connectivity index (χ1) is 9.45. The number of halogens is 2. The van der Waals surface area contributed by atoms with Gasteiger partial charge in [-0.15, -0.1) is 0 Å². The first-order valence-corrected chi connectivity index (χ1v) is 6.65. The predicted octanol–water partition coefficient (Wildman–Crippen LogP) is 3.31. The third-order valence-electron chi connectivity index (χ3n) is 3.11. The molecule has 0 aliphatic carbocycles. The molecule has 0 aliphatic rings. The van der Waals surface area contributed by atoms with Gasteiger partial charge in [0.05, 0.1) is 30.1 Å². The Morgan fingerprint density at radius 2 is 2.10 bits per heavy atom. The smallest absolute Gasteiger partial charge is 0.165 e. The number of nitrogens with zero attached hydrogens (tertiary/aromatic N) is 2. The highest BCUT2D eigenvalue weighted by atomic mass is 35.5. The van der Waals surface area contributed by atoms with Crippen LogP contribution in [0.25, 0.3) is 0 Å². The molecule has 0 bridgehead atoms. The average molecular weight is 298 g/mol. The van der Waals surface area contributed by atoms with Crippen molar-refractivity contribution in [2.75, 3.05) is 7.11 Å². The van der Waals surface area contributed by atoms with Crippen molar-refractivity contribution in [2.24, 2.45) is 5.73 Å². The summed E-state index contributed by atoms with van der Waals surface area (Å²) >= 11 is 6.17. The van der Waals surface area contributed by atoms with Gasteiger partial charge in [0, 0.05) is 6.04 Å². The molecule has 0 saturated heterocycles. The molecular formula is C14H17ClFN3O. The van der Waals surface area contributed by atoms with Gasteiger partial charge in [0.25, 0.3) is 0 Å². The van der Waals surface area contributed by atoms with Crippen molar-refractivity contribution < 1.29 is 9.13 Å². The van der Waals surface area contributed by atoms with Crippen molar-refractivity contribution in [1.82, 2.24) is 9.78 Å². The molecule has 2 rings (SSSR count). The molecule has 2 aromatic rings. The van der Waals surface area contributed by atoms with Crippen LogP contribution < -0.4 is 10.5 Å². The second-order valence-corrected chi connectivity index (χ2v) is 5.19. The van der Waals surface area contributed by atoms with E-state index in [2.05, 4.69) is 5.10 Å². The fourth-order valence-corrected chi connectivity index (χ4v) is 2.33. The molecule has 1 unspecified atom stereocenters. The highest BCUT2D eigenvalue weighted by Gasteiger charge is 2.21. The monoisotopic (exact) mass is 297 g/mol. The van der Waals surface area contributed by atoms with E-state index in [0.717, 1.165) is 0 Å². The summed E-state index contributed by atoms with van der Waals surface area (Å²) in [7, 11) is 1.42. The first kappa shape index (κ1) is 14.8. The van der Waals surface area contributed by atoms with Crippen molar-refractivity contribution >= 4 is 11.6 Å². The van der Waals surface area contributed by atoms with Crippen LogP contribution in [0.5, 0.6) is 5.75 Å². The standard InChI is InChI=1S/C14H17ClFN3O/c1-8(2)19-14(10(15)7-18-19)13(17)9-4-5-11(16)12(6-9)20-3/h4-8,13H,17H2,1-3H3. The maximum atomic E-state index is 13.5. The Bertz CT molecular complexity index is 612. The Kier molecular flexibility index (Phi) is 4.30. The minimum atomic E-state index is -0.498. The van der Waals surface area contributed by atoms with E-state index < -0.39 is 11.9 Å². The van der Waals surface area contributed by atoms with E-state index in [0.29, 0.717) is 16.3 Å². The second-order valence-electron chi connectivity index (χ2n) is 4.79. The average Bonchev–Trinajstić information content (AvgIpc) is 2.80. The molecule has 108 valence electrons. The van der Waals surface area contributed by atoms with Crippen LogP contribution in [0.1, 0.15) is 37.2 Å². The Morgan fingerprint density at radius 3 is 2.70 bits per heavy atom. The number of hydrogen-bond donors (Lipinski definition) is 1. The molecule has 20 heavy (non-hydrogen) atoms. The van der Waals surface area contributed by atoms with Crippen molar-refractivity contribution in [2.45, 2.75) is 25.9 Å². The quantitative estimate of drug-likeness (QED) is 0.942. The fraction of sp³-hybridized carbons (Fsp3) is 0.357. The van der Waals surface area contributed by atoms with E-state index in [9.17, 15) is 4.39 Å². The largest absolute Gasteiger partial charge is 0.494 e. The van der Waals surface area contributed by atoms with E-state index in [1.54, 1.807) is 23.0 Å². The number of aromatic nitrogens is 2. The van der Waals surface area contributed by atoms with Crippen LogP contribution in [0.3, 0.4) is 0 Å². The molecule has 0 amide bonds. The Hall–Kier alpha value is -1.59. The topological polar surface area (TPSA) is 53.1 Å². The van der Waals surface area contributed by atoms with E-state index in [1.165, 1.54) is 13.2 Å². The van der Waals surface area contributed by atoms with Gasteiger partial charge in [0.15, 0.2) is 11.6 Å². The molecular weight excluding hydrogens is 281 g/mol. The van der Waals surface area contributed by atoms with Gasteiger partial charge < -0.3 is 10.5 Å². The summed E-state index contributed by atoms with van der Waals surface area (Å²) < 4.78 is 20.2. The molecule has 0 saturated carbocycles. The number of nitrogens with two attached hydrogens (primary N) is 1. The van der Waals surface area contributed by atoms with E-state index in [1.807, 2.05) is 13.8 Å². The van der Waals surface area contributed by atoms with Gasteiger partial charge >= 0.3 is 0 Å². The van der Waals surface area contributed by atoms with Crippen molar-refractivity contribution in [3.05, 3.63) is 46.5 Å². The minimum absolute atomic E-state index is 0.130. The summed E-state index contributed by atoms with van der Waals surface area (Å²) in [6, 6.07) is 4.16. The Labute approximate surface area is 122 Å². The zero-order valence-corrected chi connectivity index (χ0v) is 12.4. The van der Waals surface area contributed by atoms with Gasteiger partial charge in [-0.25, -0.2) is 4.39 Å². The molecule has 1 atom stereocenters. The normalized spacial score (nSPS) is 12.8. The Balaban J connectivity index is 2.46. The van der Waals surface area contributed by atoms with Gasteiger partial charge in [-0.3, -0.25) is 4.68 Å². The zero-order valence-electron chi connectivity index (χ0n) is 11.6. The van der Waals surface area contributed by atoms with Crippen LogP contribution >= 0.6 is 11.6 Å². The van der Waals surface area contributed by atoms with Crippen LogP contribution in [-0.4, -0.2) is 16.9 Å². The van der Waals surface area contributed by atoms with Crippen LogP contribution in [0.4, 0.5) is 4.39 Å². The number of rotatable bonds is 4. The lowest BCUT2D eigenvalue weighted by Gasteiger charge is -2.18. The predicted molar refractivity (Wildman–Crippen MR) is 76.6 cm³/mol. The van der Waals surface area contributed by atoms with Crippen LogP contribution in [0.2, 0.25) is 5.02 Å². The third kappa shape index (κ3) is 2.64. The molecule has 0 radical (unpaired) electrons. The van der Waals surface area contributed by atoms with Crippen molar-refractivity contribution in [3.8, 4) is 5.75 Å². The molecule has 0 fully saturated rings. The summed E-state index contributed by atoms with van der Waals surface area (Å²) in [5.74, 6) is -0.267. The Morgan fingerprint density at radius 1 is 1.40 bits per heavy atom. The molecule has 4 nitrogen and oxygen atoms in total. The zero-order chi connectivity index (χ0) is 14.9. The fourth-order valence-electron chi connectivity index (χ4n) is 2.08. The van der Waals surface area contributed by atoms with Crippen LogP contribution in [0.15, 0.2) is 24.4 Å². The molecule has 1 aromatic heterocycles. The second kappa shape index (κ2) is 5.81. The summed E-state index contributed by atoms with van der Waals surface area (Å²) in [6.07, 6.45) is 1.57. The maximum absolute atomic E-state index is 13.5. The summed E-state index contributed by atoms with van der Waals surface area (Å²) in [4.78, 5) is 0. The van der Waals surface area contributed by atoms with E-state index >= 15 is 0 Å². The van der Waals surface area contributed by atoms with Gasteiger partial charge in [-0.2, -0.15) is 5.10 Å². The molecule has 1 heterocycles. The number of benzene rings is 1. The van der Waals surface area contributed by atoms with Gasteiger partial charge in [0.1, 0.15) is 0 Å². The van der Waals surface area contributed by atoms with Crippen molar-refractivity contribution in [1.29, 1.82) is 0 Å². The maximum Gasteiger partial charge on any atom is 0.165 e. The van der Waals surface area contributed by atoms with Gasteiger partial charge in [-0.05, 0) is 31.5 Å². The van der Waals surface area contributed by atoms with E-state index in [-0.39, 0.29) is 11.8 Å². The number of ether oxygens (including phenoxy) is 1. The van der Waals surface area contributed by atoms with Gasteiger partial charge in [-0.1, -0.05) is 17.7 Å². The summed E-state index contributed by atoms with van der Waals surface area (Å²) in [6.45, 7) is 3.98. The molecule has 0 spiro atoms. The minimum Gasteiger partial charge on any atom is -0.494 e. The lowest BCUT2D eigenvalue weighted by atomic mass is 10.0. The molecule has 0 aliphatic heterocycles. The number of hydrogen-bond acceptors (Lipinski definition) is 3. The van der Waals surface area contributed by atoms with Crippen LogP contribution in [0, 0.1) is 5.82 Å². The third-order valence-corrected chi connectivity index (χ3v) is 3.40. The number of methoxy groups -OCH3 is 1. The summed E-state index contributed by atoms with van der Waals surface area (Å²) in [5, 5.41) is 4.72. The highest BCUT2D eigenvalue weighted by molar-refractivity contribution is 6.31.